The Morgan fingerprint density at radius 1 is 1.00 bits per heavy atom. The molecule has 0 spiro atoms. The molecule has 1 aliphatic rings. The summed E-state index contributed by atoms with van der Waals surface area (Å²) < 4.78 is 0. The lowest BCUT2D eigenvalue weighted by Gasteiger charge is -2.35. The first-order valence-corrected chi connectivity index (χ1v) is 7.84. The van der Waals surface area contributed by atoms with Gasteiger partial charge in [0.15, 0.2) is 0 Å². The highest BCUT2D eigenvalue weighted by Gasteiger charge is 2.23. The number of hydrogen-bond donors (Lipinski definition) is 1. The fourth-order valence-corrected chi connectivity index (χ4v) is 3.12. The minimum Gasteiger partial charge on any atom is -0.361 e. The van der Waals surface area contributed by atoms with E-state index in [2.05, 4.69) is 14.9 Å². The number of aromatic amines is 1. The number of nitrogens with one attached hydrogen (secondary N) is 1. The lowest BCUT2D eigenvalue weighted by Crippen LogP contribution is -2.49. The van der Waals surface area contributed by atoms with Gasteiger partial charge < -0.3 is 14.8 Å². The molecule has 1 aliphatic heterocycles. The number of hydrogen-bond acceptors (Lipinski definition) is 3. The number of H-pyrrole nitrogens is 1. The van der Waals surface area contributed by atoms with E-state index in [-0.39, 0.29) is 5.91 Å². The van der Waals surface area contributed by atoms with Crippen molar-refractivity contribution in [3.8, 4) is 0 Å². The van der Waals surface area contributed by atoms with Crippen LogP contribution in [0.2, 0.25) is 0 Å². The molecular weight excluding hydrogens is 288 g/mol. The largest absolute Gasteiger partial charge is 0.361 e. The number of carbonyl (C=O) groups is 1. The maximum absolute atomic E-state index is 12.8. The molecule has 0 radical (unpaired) electrons. The molecule has 0 aliphatic carbocycles. The molecule has 1 amide bonds. The van der Waals surface area contributed by atoms with Crippen LogP contribution in [0.25, 0.3) is 10.9 Å². The highest BCUT2D eigenvalue weighted by molar-refractivity contribution is 6.06. The lowest BCUT2D eigenvalue weighted by molar-refractivity contribution is 0.0748. The molecule has 0 unspecified atom stereocenters. The van der Waals surface area contributed by atoms with Gasteiger partial charge in [-0.3, -0.25) is 4.79 Å². The van der Waals surface area contributed by atoms with Gasteiger partial charge in [0.25, 0.3) is 5.91 Å². The third-order valence-corrected chi connectivity index (χ3v) is 4.37. The molecule has 1 aromatic carbocycles. The van der Waals surface area contributed by atoms with E-state index < -0.39 is 0 Å². The molecule has 2 aromatic heterocycles. The zero-order valence-corrected chi connectivity index (χ0v) is 12.8. The summed E-state index contributed by atoms with van der Waals surface area (Å²) in [6.45, 7) is 3.06. The fourth-order valence-electron chi connectivity index (χ4n) is 3.12. The maximum Gasteiger partial charge on any atom is 0.254 e. The van der Waals surface area contributed by atoms with Crippen molar-refractivity contribution in [2.75, 3.05) is 31.1 Å². The number of carbonyl (C=O) groups excluding carboxylic acids is 1. The Bertz CT molecular complexity index is 819. The van der Waals surface area contributed by atoms with Crippen LogP contribution >= 0.6 is 0 Å². The van der Waals surface area contributed by atoms with E-state index in [4.69, 9.17) is 0 Å². The Kier molecular flexibility index (Phi) is 3.46. The van der Waals surface area contributed by atoms with Gasteiger partial charge in [-0.1, -0.05) is 12.1 Å². The number of piperazine rings is 1. The third-order valence-electron chi connectivity index (χ3n) is 4.37. The van der Waals surface area contributed by atoms with Crippen LogP contribution in [-0.4, -0.2) is 47.0 Å². The van der Waals surface area contributed by atoms with Gasteiger partial charge in [-0.2, -0.15) is 0 Å². The van der Waals surface area contributed by atoms with E-state index in [1.165, 1.54) is 0 Å². The van der Waals surface area contributed by atoms with Crippen molar-refractivity contribution in [2.45, 2.75) is 0 Å². The van der Waals surface area contributed by atoms with E-state index in [0.717, 1.165) is 48.5 Å². The predicted molar refractivity (Wildman–Crippen MR) is 90.7 cm³/mol. The number of benzene rings is 1. The van der Waals surface area contributed by atoms with E-state index in [9.17, 15) is 4.79 Å². The van der Waals surface area contributed by atoms with Gasteiger partial charge in [0.1, 0.15) is 5.82 Å². The van der Waals surface area contributed by atoms with Crippen LogP contribution in [0.1, 0.15) is 10.4 Å². The van der Waals surface area contributed by atoms with Crippen molar-refractivity contribution in [2.24, 2.45) is 0 Å². The molecule has 116 valence electrons. The number of rotatable bonds is 2. The number of pyridine rings is 1. The van der Waals surface area contributed by atoms with Crippen LogP contribution in [0.15, 0.2) is 54.9 Å². The Morgan fingerprint density at radius 2 is 1.87 bits per heavy atom. The molecule has 4 rings (SSSR count). The molecular formula is C18H18N4O. The molecule has 3 aromatic rings. The third kappa shape index (κ3) is 2.54. The molecule has 3 heterocycles. The first kappa shape index (κ1) is 13.8. The Hall–Kier alpha value is -2.82. The molecule has 5 nitrogen and oxygen atoms in total. The van der Waals surface area contributed by atoms with Crippen LogP contribution in [0.3, 0.4) is 0 Å². The topological polar surface area (TPSA) is 52.2 Å². The van der Waals surface area contributed by atoms with Gasteiger partial charge in [0.05, 0.1) is 0 Å². The zero-order valence-electron chi connectivity index (χ0n) is 12.8. The van der Waals surface area contributed by atoms with Crippen molar-refractivity contribution in [3.05, 3.63) is 60.4 Å². The standard InChI is InChI=1S/C18H18N4O/c23-18(15-4-3-5-16-14(15)7-9-19-16)22-12-10-21(11-13-22)17-6-1-2-8-20-17/h1-9,19H,10-13H2. The normalized spacial score (nSPS) is 15.1. The van der Waals surface area contributed by atoms with Crippen LogP contribution in [0, 0.1) is 0 Å². The summed E-state index contributed by atoms with van der Waals surface area (Å²) >= 11 is 0. The van der Waals surface area contributed by atoms with Gasteiger partial charge >= 0.3 is 0 Å². The van der Waals surface area contributed by atoms with E-state index in [0.29, 0.717) is 0 Å². The molecule has 1 N–H and O–H groups in total. The van der Waals surface area contributed by atoms with Crippen molar-refractivity contribution in [1.29, 1.82) is 0 Å². The van der Waals surface area contributed by atoms with Crippen molar-refractivity contribution < 1.29 is 4.79 Å². The summed E-state index contributed by atoms with van der Waals surface area (Å²) in [6, 6.07) is 13.7. The second kappa shape index (κ2) is 5.76. The second-order valence-corrected chi connectivity index (χ2v) is 5.71. The minimum absolute atomic E-state index is 0.107. The summed E-state index contributed by atoms with van der Waals surface area (Å²) in [5, 5.41) is 0.990. The van der Waals surface area contributed by atoms with Gasteiger partial charge in [-0.05, 0) is 30.3 Å². The summed E-state index contributed by atoms with van der Waals surface area (Å²) in [6.07, 6.45) is 3.68. The maximum atomic E-state index is 12.8. The number of aromatic nitrogens is 2. The first-order valence-electron chi connectivity index (χ1n) is 7.84. The van der Waals surface area contributed by atoms with Gasteiger partial charge in [0, 0.05) is 55.0 Å². The van der Waals surface area contributed by atoms with E-state index in [1.807, 2.05) is 53.6 Å². The van der Waals surface area contributed by atoms with Crippen molar-refractivity contribution in [1.82, 2.24) is 14.9 Å². The van der Waals surface area contributed by atoms with Crippen LogP contribution in [-0.2, 0) is 0 Å². The molecule has 5 heteroatoms. The lowest BCUT2D eigenvalue weighted by atomic mass is 10.1. The zero-order chi connectivity index (χ0) is 15.6. The first-order chi connectivity index (χ1) is 11.3. The number of amides is 1. The molecule has 23 heavy (non-hydrogen) atoms. The van der Waals surface area contributed by atoms with E-state index in [1.54, 1.807) is 6.20 Å². The van der Waals surface area contributed by atoms with Crippen molar-refractivity contribution >= 4 is 22.6 Å². The summed E-state index contributed by atoms with van der Waals surface area (Å²) in [4.78, 5) is 24.5. The average Bonchev–Trinajstić information content (AvgIpc) is 3.11. The molecule has 0 atom stereocenters. The Balaban J connectivity index is 1.50. The van der Waals surface area contributed by atoms with Gasteiger partial charge in [-0.25, -0.2) is 4.98 Å². The summed E-state index contributed by atoms with van der Waals surface area (Å²) in [7, 11) is 0. The van der Waals surface area contributed by atoms with E-state index >= 15 is 0 Å². The summed E-state index contributed by atoms with van der Waals surface area (Å²) in [5.41, 5.74) is 1.78. The van der Waals surface area contributed by atoms with Crippen molar-refractivity contribution in [3.63, 3.8) is 0 Å². The Morgan fingerprint density at radius 3 is 2.65 bits per heavy atom. The molecule has 1 fully saturated rings. The van der Waals surface area contributed by atoms with Crippen LogP contribution in [0.5, 0.6) is 0 Å². The minimum atomic E-state index is 0.107. The predicted octanol–water partition coefficient (Wildman–Crippen LogP) is 2.53. The number of anilines is 1. The SMILES string of the molecule is O=C(c1cccc2[nH]ccc12)N1CCN(c2ccccn2)CC1. The van der Waals surface area contributed by atoms with Gasteiger partial charge in [-0.15, -0.1) is 0 Å². The highest BCUT2D eigenvalue weighted by atomic mass is 16.2. The smallest absolute Gasteiger partial charge is 0.254 e. The molecule has 0 bridgehead atoms. The van der Waals surface area contributed by atoms with Crippen LogP contribution in [0.4, 0.5) is 5.82 Å². The summed E-state index contributed by atoms with van der Waals surface area (Å²) in [5.74, 6) is 1.09. The van der Waals surface area contributed by atoms with Crippen LogP contribution < -0.4 is 4.90 Å². The average molecular weight is 306 g/mol. The number of fused-ring (bicyclic) bond motifs is 1. The Labute approximate surface area is 134 Å². The molecule has 1 saturated heterocycles. The second-order valence-electron chi connectivity index (χ2n) is 5.71. The monoisotopic (exact) mass is 306 g/mol. The fraction of sp³-hybridized carbons (Fsp3) is 0.222. The number of nitrogens with zero attached hydrogens (tertiary/aromatic N) is 3. The highest BCUT2D eigenvalue weighted by Crippen LogP contribution is 2.20. The van der Waals surface area contributed by atoms with Gasteiger partial charge in [0.2, 0.25) is 0 Å². The molecule has 0 saturated carbocycles. The quantitative estimate of drug-likeness (QED) is 0.791.